The van der Waals surface area contributed by atoms with E-state index >= 15 is 0 Å². The Morgan fingerprint density at radius 2 is 1.82 bits per heavy atom. The molecule has 1 fully saturated rings. The van der Waals surface area contributed by atoms with E-state index in [1.165, 1.54) is 4.68 Å². The van der Waals surface area contributed by atoms with E-state index in [-0.39, 0.29) is 24.2 Å². The van der Waals surface area contributed by atoms with Crippen LogP contribution in [0.15, 0.2) is 60.7 Å². The number of nitrogens with one attached hydrogen (secondary N) is 1. The summed E-state index contributed by atoms with van der Waals surface area (Å²) in [6.45, 7) is -0.314. The number of esters is 1. The van der Waals surface area contributed by atoms with Gasteiger partial charge in [0.15, 0.2) is 12.3 Å². The lowest BCUT2D eigenvalue weighted by Crippen LogP contribution is -2.30. The molecule has 1 N–H and O–H groups in total. The Hall–Kier alpha value is -3.12. The van der Waals surface area contributed by atoms with Gasteiger partial charge in [-0.25, -0.2) is 9.48 Å². The molecule has 1 saturated carbocycles. The van der Waals surface area contributed by atoms with Gasteiger partial charge in [-0.3, -0.25) is 4.79 Å². The van der Waals surface area contributed by atoms with E-state index in [0.717, 1.165) is 24.1 Å². The normalized spacial score (nSPS) is 13.2. The average molecular weight is 396 g/mol. The van der Waals surface area contributed by atoms with Crippen molar-refractivity contribution >= 4 is 23.5 Å². The van der Waals surface area contributed by atoms with Gasteiger partial charge in [-0.05, 0) is 43.2 Å². The van der Waals surface area contributed by atoms with Crippen molar-refractivity contribution in [3.05, 3.63) is 71.4 Å². The Morgan fingerprint density at radius 3 is 2.50 bits per heavy atom. The summed E-state index contributed by atoms with van der Waals surface area (Å²) in [5.74, 6) is -0.901. The second-order valence-corrected chi connectivity index (χ2v) is 7.02. The van der Waals surface area contributed by atoms with Gasteiger partial charge in [0.05, 0.1) is 11.4 Å². The number of rotatable bonds is 6. The fourth-order valence-electron chi connectivity index (χ4n) is 2.76. The molecule has 4 rings (SSSR count). The van der Waals surface area contributed by atoms with Gasteiger partial charge in [-0.15, -0.1) is 0 Å². The molecule has 0 unspecified atom stereocenters. The molecule has 7 heteroatoms. The summed E-state index contributed by atoms with van der Waals surface area (Å²) < 4.78 is 6.74. The number of ether oxygens (including phenoxy) is 1. The van der Waals surface area contributed by atoms with Crippen molar-refractivity contribution in [2.45, 2.75) is 18.9 Å². The van der Waals surface area contributed by atoms with Crippen molar-refractivity contribution in [2.75, 3.05) is 6.61 Å². The largest absolute Gasteiger partial charge is 0.451 e. The highest BCUT2D eigenvalue weighted by Gasteiger charge is 2.24. The number of halogens is 1. The number of aromatic nitrogens is 2. The molecule has 0 saturated heterocycles. The summed E-state index contributed by atoms with van der Waals surface area (Å²) in [6.07, 6.45) is 1.95. The van der Waals surface area contributed by atoms with Gasteiger partial charge in [0.1, 0.15) is 0 Å². The van der Waals surface area contributed by atoms with Crippen LogP contribution in [0.5, 0.6) is 0 Å². The Balaban J connectivity index is 1.61. The molecular weight excluding hydrogens is 378 g/mol. The van der Waals surface area contributed by atoms with Gasteiger partial charge < -0.3 is 10.1 Å². The first-order chi connectivity index (χ1) is 13.6. The minimum absolute atomic E-state index is 0.220. The summed E-state index contributed by atoms with van der Waals surface area (Å²) in [7, 11) is 0. The maximum Gasteiger partial charge on any atom is 0.357 e. The molecule has 1 aliphatic rings. The second kappa shape index (κ2) is 7.86. The molecule has 0 aliphatic heterocycles. The molecule has 0 radical (unpaired) electrons. The zero-order valence-corrected chi connectivity index (χ0v) is 15.7. The number of benzene rings is 2. The number of carbonyl (C=O) groups excluding carboxylic acids is 2. The predicted molar refractivity (Wildman–Crippen MR) is 105 cm³/mol. The zero-order chi connectivity index (χ0) is 19.5. The number of para-hydroxylation sites is 1. The van der Waals surface area contributed by atoms with Crippen LogP contribution in [0, 0.1) is 0 Å². The highest BCUT2D eigenvalue weighted by Crippen LogP contribution is 2.24. The van der Waals surface area contributed by atoms with Crippen molar-refractivity contribution in [3.8, 4) is 16.9 Å². The van der Waals surface area contributed by atoms with Crippen molar-refractivity contribution in [3.63, 3.8) is 0 Å². The lowest BCUT2D eigenvalue weighted by atomic mass is 10.1. The van der Waals surface area contributed by atoms with Crippen LogP contribution in [-0.2, 0) is 9.53 Å². The molecular formula is C21H18ClN3O3. The minimum atomic E-state index is -0.609. The standard InChI is InChI=1S/C21H18ClN3O3/c22-15-8-6-14(7-9-15)18-12-19(25(24-18)17-4-2-1-3-5-17)21(27)28-13-20(26)23-16-10-11-16/h1-9,12,16H,10-11,13H2,(H,23,26). The highest BCUT2D eigenvalue weighted by molar-refractivity contribution is 6.30. The smallest absolute Gasteiger partial charge is 0.357 e. The summed E-state index contributed by atoms with van der Waals surface area (Å²) in [6, 6.07) is 18.3. The van der Waals surface area contributed by atoms with Crippen molar-refractivity contribution < 1.29 is 14.3 Å². The molecule has 0 bridgehead atoms. The molecule has 6 nitrogen and oxygen atoms in total. The third-order valence-corrected chi connectivity index (χ3v) is 4.59. The van der Waals surface area contributed by atoms with Gasteiger partial charge >= 0.3 is 5.97 Å². The highest BCUT2D eigenvalue weighted by atomic mass is 35.5. The number of hydrogen-bond donors (Lipinski definition) is 1. The third kappa shape index (κ3) is 4.23. The summed E-state index contributed by atoms with van der Waals surface area (Å²) in [5.41, 5.74) is 2.39. The van der Waals surface area contributed by atoms with Crippen LogP contribution in [0.4, 0.5) is 0 Å². The zero-order valence-electron chi connectivity index (χ0n) is 15.0. The number of hydrogen-bond acceptors (Lipinski definition) is 4. The minimum Gasteiger partial charge on any atom is -0.451 e. The number of amides is 1. The molecule has 1 aliphatic carbocycles. The first-order valence-corrected chi connectivity index (χ1v) is 9.36. The van der Waals surface area contributed by atoms with Crippen LogP contribution in [0.2, 0.25) is 5.02 Å². The molecule has 1 heterocycles. The fraction of sp³-hybridized carbons (Fsp3) is 0.190. The van der Waals surface area contributed by atoms with E-state index in [1.807, 2.05) is 42.5 Å². The summed E-state index contributed by atoms with van der Waals surface area (Å²) >= 11 is 5.96. The maximum absolute atomic E-state index is 12.7. The van der Waals surface area contributed by atoms with E-state index in [2.05, 4.69) is 10.4 Å². The predicted octanol–water partition coefficient (Wildman–Crippen LogP) is 3.63. The van der Waals surface area contributed by atoms with E-state index in [1.54, 1.807) is 18.2 Å². The third-order valence-electron chi connectivity index (χ3n) is 4.34. The molecule has 3 aromatic rings. The molecule has 142 valence electrons. The van der Waals surface area contributed by atoms with E-state index in [0.29, 0.717) is 10.7 Å². The van der Waals surface area contributed by atoms with Crippen LogP contribution in [0.3, 0.4) is 0 Å². The van der Waals surface area contributed by atoms with Gasteiger partial charge in [-0.2, -0.15) is 5.10 Å². The molecule has 1 aromatic heterocycles. The first kappa shape index (κ1) is 18.3. The number of carbonyl (C=O) groups is 2. The molecule has 0 spiro atoms. The van der Waals surface area contributed by atoms with Gasteiger partial charge in [0, 0.05) is 16.6 Å². The SMILES string of the molecule is O=C(COC(=O)c1cc(-c2ccc(Cl)cc2)nn1-c1ccccc1)NC1CC1. The van der Waals surface area contributed by atoms with Crippen LogP contribution in [0.25, 0.3) is 16.9 Å². The van der Waals surface area contributed by atoms with Crippen LogP contribution >= 0.6 is 11.6 Å². The molecule has 2 aromatic carbocycles. The Morgan fingerprint density at radius 1 is 1.11 bits per heavy atom. The van der Waals surface area contributed by atoms with E-state index in [4.69, 9.17) is 16.3 Å². The lowest BCUT2D eigenvalue weighted by Gasteiger charge is -2.08. The van der Waals surface area contributed by atoms with Crippen molar-refractivity contribution in [2.24, 2.45) is 0 Å². The Bertz CT molecular complexity index is 995. The van der Waals surface area contributed by atoms with E-state index < -0.39 is 5.97 Å². The first-order valence-electron chi connectivity index (χ1n) is 8.98. The van der Waals surface area contributed by atoms with Crippen molar-refractivity contribution in [1.82, 2.24) is 15.1 Å². The fourth-order valence-corrected chi connectivity index (χ4v) is 2.88. The van der Waals surface area contributed by atoms with Crippen LogP contribution in [0.1, 0.15) is 23.3 Å². The van der Waals surface area contributed by atoms with Crippen molar-refractivity contribution in [1.29, 1.82) is 0 Å². The van der Waals surface area contributed by atoms with Gasteiger partial charge in [0.2, 0.25) is 0 Å². The lowest BCUT2D eigenvalue weighted by molar-refractivity contribution is -0.124. The number of nitrogens with zero attached hydrogens (tertiary/aromatic N) is 2. The van der Waals surface area contributed by atoms with E-state index in [9.17, 15) is 9.59 Å². The summed E-state index contributed by atoms with van der Waals surface area (Å²) in [4.78, 5) is 24.5. The van der Waals surface area contributed by atoms with Gasteiger partial charge in [-0.1, -0.05) is 41.9 Å². The molecule has 1 amide bonds. The Kier molecular flexibility index (Phi) is 5.12. The quantitative estimate of drug-likeness (QED) is 0.647. The van der Waals surface area contributed by atoms with Crippen LogP contribution in [-0.4, -0.2) is 34.3 Å². The van der Waals surface area contributed by atoms with Crippen LogP contribution < -0.4 is 5.32 Å². The molecule has 0 atom stereocenters. The Labute approximate surface area is 167 Å². The average Bonchev–Trinajstić information content (AvgIpc) is 3.41. The monoisotopic (exact) mass is 395 g/mol. The topological polar surface area (TPSA) is 73.2 Å². The van der Waals surface area contributed by atoms with Gasteiger partial charge in [0.25, 0.3) is 5.91 Å². The maximum atomic E-state index is 12.7. The summed E-state index contributed by atoms with van der Waals surface area (Å²) in [5, 5.41) is 7.97. The second-order valence-electron chi connectivity index (χ2n) is 6.59. The molecule has 28 heavy (non-hydrogen) atoms.